The second-order valence-corrected chi connectivity index (χ2v) is 4.46. The van der Waals surface area contributed by atoms with Crippen molar-refractivity contribution in [3.05, 3.63) is 35.7 Å². The molecule has 102 valence electrons. The highest BCUT2D eigenvalue weighted by molar-refractivity contribution is 5.79. The highest BCUT2D eigenvalue weighted by Crippen LogP contribution is 2.24. The Balaban J connectivity index is 2.58. The summed E-state index contributed by atoms with van der Waals surface area (Å²) >= 11 is 0. The van der Waals surface area contributed by atoms with Crippen LogP contribution >= 0.6 is 0 Å². The fraction of sp³-hybridized carbons (Fsp3) is 0.286. The first-order chi connectivity index (χ1) is 9.58. The molecule has 1 aromatic heterocycles. The van der Waals surface area contributed by atoms with Gasteiger partial charge in [0.25, 0.3) is 0 Å². The normalized spacial score (nSPS) is 11.8. The van der Waals surface area contributed by atoms with Crippen LogP contribution in [0.1, 0.15) is 30.8 Å². The second kappa shape index (κ2) is 5.53. The standard InChI is InChI=1S/C14H15N5O/c1-3-12(13(16)20)19-9(2)17-18-14(19)11-6-4-5-10(7-11)8-15/h4-7,12H,3H2,1-2H3,(H2,16,20)/t12-/m0/s1. The van der Waals surface area contributed by atoms with Gasteiger partial charge in [0.2, 0.25) is 5.91 Å². The third-order valence-electron chi connectivity index (χ3n) is 3.14. The van der Waals surface area contributed by atoms with Crippen LogP contribution in [0, 0.1) is 18.3 Å². The Morgan fingerprint density at radius 1 is 1.50 bits per heavy atom. The molecule has 2 N–H and O–H groups in total. The van der Waals surface area contributed by atoms with Crippen molar-refractivity contribution in [2.45, 2.75) is 26.3 Å². The van der Waals surface area contributed by atoms with Crippen LogP contribution in [0.3, 0.4) is 0 Å². The Labute approximate surface area is 116 Å². The lowest BCUT2D eigenvalue weighted by atomic mass is 10.1. The fourth-order valence-electron chi connectivity index (χ4n) is 2.18. The van der Waals surface area contributed by atoms with Crippen molar-refractivity contribution in [3.8, 4) is 17.5 Å². The molecular formula is C14H15N5O. The molecule has 2 aromatic rings. The van der Waals surface area contributed by atoms with E-state index in [2.05, 4.69) is 16.3 Å². The maximum atomic E-state index is 11.6. The molecule has 1 amide bonds. The third-order valence-corrected chi connectivity index (χ3v) is 3.14. The van der Waals surface area contributed by atoms with Crippen molar-refractivity contribution < 1.29 is 4.79 Å². The zero-order valence-corrected chi connectivity index (χ0v) is 11.4. The average Bonchev–Trinajstić information content (AvgIpc) is 2.82. The maximum absolute atomic E-state index is 11.6. The summed E-state index contributed by atoms with van der Waals surface area (Å²) in [7, 11) is 0. The quantitative estimate of drug-likeness (QED) is 0.910. The number of hydrogen-bond acceptors (Lipinski definition) is 4. The highest BCUT2D eigenvalue weighted by atomic mass is 16.1. The Bertz CT molecular complexity index is 683. The van der Waals surface area contributed by atoms with Gasteiger partial charge in [-0.3, -0.25) is 9.36 Å². The van der Waals surface area contributed by atoms with E-state index in [-0.39, 0.29) is 0 Å². The van der Waals surface area contributed by atoms with Gasteiger partial charge in [-0.05, 0) is 25.5 Å². The summed E-state index contributed by atoms with van der Waals surface area (Å²) in [6.45, 7) is 3.65. The van der Waals surface area contributed by atoms with E-state index in [4.69, 9.17) is 11.0 Å². The van der Waals surface area contributed by atoms with Crippen LogP contribution in [-0.2, 0) is 4.79 Å². The molecule has 0 fully saturated rings. The monoisotopic (exact) mass is 269 g/mol. The average molecular weight is 269 g/mol. The predicted octanol–water partition coefficient (Wildman–Crippen LogP) is 1.56. The number of rotatable bonds is 4. The fourth-order valence-corrected chi connectivity index (χ4v) is 2.18. The van der Waals surface area contributed by atoms with E-state index in [1.54, 1.807) is 29.7 Å². The van der Waals surface area contributed by atoms with E-state index in [0.717, 1.165) is 5.56 Å². The zero-order valence-electron chi connectivity index (χ0n) is 11.4. The van der Waals surface area contributed by atoms with Gasteiger partial charge < -0.3 is 5.73 Å². The number of carbonyl (C=O) groups is 1. The van der Waals surface area contributed by atoms with Crippen LogP contribution in [0.25, 0.3) is 11.4 Å². The lowest BCUT2D eigenvalue weighted by Crippen LogP contribution is -2.27. The van der Waals surface area contributed by atoms with Gasteiger partial charge in [0, 0.05) is 5.56 Å². The molecule has 0 spiro atoms. The first kappa shape index (κ1) is 13.7. The Kier molecular flexibility index (Phi) is 3.80. The number of nitrogens with two attached hydrogens (primary N) is 1. The molecule has 20 heavy (non-hydrogen) atoms. The summed E-state index contributed by atoms with van der Waals surface area (Å²) in [5, 5.41) is 17.1. The van der Waals surface area contributed by atoms with Gasteiger partial charge in [-0.1, -0.05) is 19.1 Å². The smallest absolute Gasteiger partial charge is 0.240 e. The number of nitriles is 1. The molecule has 2 rings (SSSR count). The van der Waals surface area contributed by atoms with Crippen molar-refractivity contribution >= 4 is 5.91 Å². The summed E-state index contributed by atoms with van der Waals surface area (Å²) in [6, 6.07) is 8.61. The van der Waals surface area contributed by atoms with E-state index in [9.17, 15) is 4.79 Å². The number of nitrogens with zero attached hydrogens (tertiary/aromatic N) is 4. The summed E-state index contributed by atoms with van der Waals surface area (Å²) in [6.07, 6.45) is 0.555. The van der Waals surface area contributed by atoms with Crippen LogP contribution in [0.5, 0.6) is 0 Å². The SMILES string of the molecule is CC[C@@H](C(N)=O)n1c(C)nnc1-c1cccc(C#N)c1. The van der Waals surface area contributed by atoms with Gasteiger partial charge in [-0.25, -0.2) is 0 Å². The Hall–Kier alpha value is -2.68. The molecule has 1 aromatic carbocycles. The van der Waals surface area contributed by atoms with Crippen LogP contribution in [-0.4, -0.2) is 20.7 Å². The van der Waals surface area contributed by atoms with Gasteiger partial charge in [0.15, 0.2) is 5.82 Å². The molecule has 0 aliphatic carbocycles. The van der Waals surface area contributed by atoms with Gasteiger partial charge in [0.05, 0.1) is 11.6 Å². The molecule has 0 aliphatic rings. The van der Waals surface area contributed by atoms with Crippen LogP contribution < -0.4 is 5.73 Å². The van der Waals surface area contributed by atoms with E-state index >= 15 is 0 Å². The second-order valence-electron chi connectivity index (χ2n) is 4.46. The van der Waals surface area contributed by atoms with Crippen molar-refractivity contribution in [1.29, 1.82) is 5.26 Å². The molecular weight excluding hydrogens is 254 g/mol. The van der Waals surface area contributed by atoms with Crippen LogP contribution in [0.4, 0.5) is 0 Å². The molecule has 0 bridgehead atoms. The van der Waals surface area contributed by atoms with Gasteiger partial charge in [-0.2, -0.15) is 5.26 Å². The van der Waals surface area contributed by atoms with E-state index in [1.807, 2.05) is 13.0 Å². The number of hydrogen-bond donors (Lipinski definition) is 1. The number of aryl methyl sites for hydroxylation is 1. The number of primary amides is 1. The minimum Gasteiger partial charge on any atom is -0.368 e. The first-order valence-corrected chi connectivity index (χ1v) is 6.29. The molecule has 1 heterocycles. The molecule has 0 unspecified atom stereocenters. The Morgan fingerprint density at radius 2 is 2.25 bits per heavy atom. The predicted molar refractivity (Wildman–Crippen MR) is 73.4 cm³/mol. The number of benzene rings is 1. The lowest BCUT2D eigenvalue weighted by Gasteiger charge is -2.16. The largest absolute Gasteiger partial charge is 0.368 e. The minimum absolute atomic E-state index is 0.423. The highest BCUT2D eigenvalue weighted by Gasteiger charge is 2.22. The molecule has 6 heteroatoms. The van der Waals surface area contributed by atoms with E-state index < -0.39 is 11.9 Å². The summed E-state index contributed by atoms with van der Waals surface area (Å²) in [5.41, 5.74) is 6.71. The molecule has 6 nitrogen and oxygen atoms in total. The lowest BCUT2D eigenvalue weighted by molar-refractivity contribution is -0.121. The topological polar surface area (TPSA) is 97.6 Å². The van der Waals surface area contributed by atoms with Crippen LogP contribution in [0.2, 0.25) is 0 Å². The summed E-state index contributed by atoms with van der Waals surface area (Å²) < 4.78 is 1.72. The maximum Gasteiger partial charge on any atom is 0.240 e. The van der Waals surface area contributed by atoms with Crippen LogP contribution in [0.15, 0.2) is 24.3 Å². The van der Waals surface area contributed by atoms with Crippen molar-refractivity contribution in [2.24, 2.45) is 5.73 Å². The van der Waals surface area contributed by atoms with Crippen molar-refractivity contribution in [3.63, 3.8) is 0 Å². The number of amides is 1. The molecule has 0 saturated heterocycles. The Morgan fingerprint density at radius 3 is 2.85 bits per heavy atom. The minimum atomic E-state index is -0.495. The summed E-state index contributed by atoms with van der Waals surface area (Å²) in [4.78, 5) is 11.6. The summed E-state index contributed by atoms with van der Waals surface area (Å²) in [5.74, 6) is 0.742. The van der Waals surface area contributed by atoms with Gasteiger partial charge >= 0.3 is 0 Å². The number of carbonyl (C=O) groups excluding carboxylic acids is 1. The van der Waals surface area contributed by atoms with E-state index in [0.29, 0.717) is 23.6 Å². The molecule has 0 radical (unpaired) electrons. The molecule has 0 saturated carbocycles. The number of aromatic nitrogens is 3. The zero-order chi connectivity index (χ0) is 14.7. The first-order valence-electron chi connectivity index (χ1n) is 6.29. The van der Waals surface area contributed by atoms with Gasteiger partial charge in [-0.15, -0.1) is 10.2 Å². The van der Waals surface area contributed by atoms with Crippen molar-refractivity contribution in [1.82, 2.24) is 14.8 Å². The van der Waals surface area contributed by atoms with Crippen molar-refractivity contribution in [2.75, 3.05) is 0 Å². The van der Waals surface area contributed by atoms with Gasteiger partial charge in [0.1, 0.15) is 11.9 Å². The molecule has 0 aliphatic heterocycles. The third kappa shape index (κ3) is 2.38. The molecule has 1 atom stereocenters. The van der Waals surface area contributed by atoms with E-state index in [1.165, 1.54) is 0 Å².